The highest BCUT2D eigenvalue weighted by atomic mass is 16.1. The van der Waals surface area contributed by atoms with E-state index in [0.717, 1.165) is 12.8 Å². The van der Waals surface area contributed by atoms with Gasteiger partial charge in [0.15, 0.2) is 0 Å². The Balaban J connectivity index is 1.46. The molecule has 0 aliphatic carbocycles. The molecule has 3 aromatic rings. The largest absolute Gasteiger partial charge is 0.366 e. The highest BCUT2D eigenvalue weighted by Crippen LogP contribution is 2.09. The molecule has 3 rings (SSSR count). The summed E-state index contributed by atoms with van der Waals surface area (Å²) in [5, 5.41) is 6.23. The second kappa shape index (κ2) is 9.37. The van der Waals surface area contributed by atoms with Gasteiger partial charge >= 0.3 is 0 Å². The molecule has 0 aliphatic rings. The third kappa shape index (κ3) is 5.45. The zero-order valence-corrected chi connectivity index (χ0v) is 14.7. The topological polar surface area (TPSA) is 54.0 Å². The van der Waals surface area contributed by atoms with E-state index in [4.69, 9.17) is 0 Å². The first-order valence-electron chi connectivity index (χ1n) is 8.87. The van der Waals surface area contributed by atoms with E-state index in [2.05, 4.69) is 39.9 Å². The Kier molecular flexibility index (Phi) is 6.37. The number of pyridine rings is 1. The molecule has 132 valence electrons. The van der Waals surface area contributed by atoms with E-state index in [1.807, 2.05) is 36.4 Å². The van der Waals surface area contributed by atoms with Gasteiger partial charge in [-0.1, -0.05) is 60.7 Å². The van der Waals surface area contributed by atoms with Crippen LogP contribution in [-0.2, 0) is 13.0 Å². The second-order valence-corrected chi connectivity index (χ2v) is 6.11. The van der Waals surface area contributed by atoms with Crippen molar-refractivity contribution in [2.24, 2.45) is 0 Å². The van der Waals surface area contributed by atoms with Crippen molar-refractivity contribution >= 4 is 11.7 Å². The molecule has 0 saturated heterocycles. The summed E-state index contributed by atoms with van der Waals surface area (Å²) in [4.78, 5) is 16.6. The van der Waals surface area contributed by atoms with Crippen molar-refractivity contribution in [1.29, 1.82) is 0 Å². The molecule has 0 spiro atoms. The third-order valence-corrected chi connectivity index (χ3v) is 4.11. The molecular weight excluding hydrogens is 322 g/mol. The number of aryl methyl sites for hydroxylation is 1. The van der Waals surface area contributed by atoms with Gasteiger partial charge in [0.05, 0.1) is 0 Å². The van der Waals surface area contributed by atoms with Crippen LogP contribution < -0.4 is 10.6 Å². The number of carbonyl (C=O) groups is 1. The lowest BCUT2D eigenvalue weighted by Crippen LogP contribution is -2.25. The third-order valence-electron chi connectivity index (χ3n) is 4.11. The van der Waals surface area contributed by atoms with Gasteiger partial charge in [-0.2, -0.15) is 0 Å². The Morgan fingerprint density at radius 2 is 1.58 bits per heavy atom. The molecule has 0 bridgehead atoms. The molecule has 0 atom stereocenters. The summed E-state index contributed by atoms with van der Waals surface area (Å²) in [6, 6.07) is 23.9. The van der Waals surface area contributed by atoms with E-state index in [9.17, 15) is 4.79 Å². The lowest BCUT2D eigenvalue weighted by molar-refractivity contribution is 0.0953. The number of rotatable bonds is 8. The fourth-order valence-corrected chi connectivity index (χ4v) is 2.70. The number of nitrogens with zero attached hydrogens (tertiary/aromatic N) is 1. The van der Waals surface area contributed by atoms with Crippen molar-refractivity contribution in [3.05, 3.63) is 95.7 Å². The number of anilines is 1. The first-order chi connectivity index (χ1) is 12.8. The Hall–Kier alpha value is -3.14. The van der Waals surface area contributed by atoms with Gasteiger partial charge in [-0.3, -0.25) is 4.79 Å². The Labute approximate surface area is 154 Å². The van der Waals surface area contributed by atoms with Crippen molar-refractivity contribution in [2.45, 2.75) is 19.4 Å². The maximum absolute atomic E-state index is 12.3. The quantitative estimate of drug-likeness (QED) is 0.606. The first kappa shape index (κ1) is 17.7. The van der Waals surface area contributed by atoms with E-state index in [0.29, 0.717) is 24.5 Å². The van der Waals surface area contributed by atoms with Gasteiger partial charge in [0.2, 0.25) is 0 Å². The van der Waals surface area contributed by atoms with Crippen molar-refractivity contribution in [1.82, 2.24) is 10.3 Å². The summed E-state index contributed by atoms with van der Waals surface area (Å²) in [7, 11) is 0. The number of nitrogens with one attached hydrogen (secondary N) is 2. The zero-order valence-electron chi connectivity index (χ0n) is 14.7. The average Bonchev–Trinajstić information content (AvgIpc) is 2.71. The van der Waals surface area contributed by atoms with Crippen LogP contribution in [0, 0.1) is 0 Å². The molecule has 4 nitrogen and oxygen atoms in total. The maximum atomic E-state index is 12.3. The van der Waals surface area contributed by atoms with Crippen molar-refractivity contribution < 1.29 is 4.79 Å². The summed E-state index contributed by atoms with van der Waals surface area (Å²) in [6.07, 6.45) is 3.54. The fraction of sp³-hybridized carbons (Fsp3) is 0.182. The Morgan fingerprint density at radius 1 is 0.885 bits per heavy atom. The van der Waals surface area contributed by atoms with Crippen LogP contribution in [0.1, 0.15) is 27.9 Å². The van der Waals surface area contributed by atoms with E-state index in [1.165, 1.54) is 11.1 Å². The maximum Gasteiger partial charge on any atom is 0.251 e. The summed E-state index contributed by atoms with van der Waals surface area (Å²) in [5.41, 5.74) is 3.08. The van der Waals surface area contributed by atoms with Crippen LogP contribution in [-0.4, -0.2) is 17.4 Å². The number of amides is 1. The number of aromatic nitrogens is 1. The van der Waals surface area contributed by atoms with Crippen LogP contribution in [0.3, 0.4) is 0 Å². The second-order valence-electron chi connectivity index (χ2n) is 6.11. The summed E-state index contributed by atoms with van der Waals surface area (Å²) in [5.74, 6) is 0.633. The van der Waals surface area contributed by atoms with Crippen LogP contribution in [0.5, 0.6) is 0 Å². The molecule has 2 N–H and O–H groups in total. The molecule has 26 heavy (non-hydrogen) atoms. The lowest BCUT2D eigenvalue weighted by Gasteiger charge is -2.08. The van der Waals surface area contributed by atoms with Gasteiger partial charge in [-0.05, 0) is 36.1 Å². The minimum Gasteiger partial charge on any atom is -0.366 e. The van der Waals surface area contributed by atoms with E-state index in [1.54, 1.807) is 18.3 Å². The monoisotopic (exact) mass is 345 g/mol. The SMILES string of the molecule is O=C(NCCCc1ccccc1)c1ccnc(NCc2ccccc2)c1. The van der Waals surface area contributed by atoms with Gasteiger partial charge in [0.25, 0.3) is 5.91 Å². The molecule has 2 aromatic carbocycles. The van der Waals surface area contributed by atoms with Crippen molar-refractivity contribution in [3.8, 4) is 0 Å². The number of hydrogen-bond donors (Lipinski definition) is 2. The first-order valence-corrected chi connectivity index (χ1v) is 8.87. The van der Waals surface area contributed by atoms with Gasteiger partial charge in [-0.25, -0.2) is 4.98 Å². The van der Waals surface area contributed by atoms with Crippen LogP contribution >= 0.6 is 0 Å². The molecule has 1 aromatic heterocycles. The average molecular weight is 345 g/mol. The molecule has 0 fully saturated rings. The summed E-state index contributed by atoms with van der Waals surface area (Å²) >= 11 is 0. The van der Waals surface area contributed by atoms with E-state index < -0.39 is 0 Å². The van der Waals surface area contributed by atoms with Crippen LogP contribution in [0.15, 0.2) is 79.0 Å². The molecule has 0 saturated carbocycles. The van der Waals surface area contributed by atoms with Crippen LogP contribution in [0.25, 0.3) is 0 Å². The molecule has 0 unspecified atom stereocenters. The van der Waals surface area contributed by atoms with Crippen molar-refractivity contribution in [2.75, 3.05) is 11.9 Å². The summed E-state index contributed by atoms with van der Waals surface area (Å²) in [6.45, 7) is 1.33. The Bertz CT molecular complexity index is 819. The van der Waals surface area contributed by atoms with Gasteiger partial charge in [-0.15, -0.1) is 0 Å². The molecule has 4 heteroatoms. The zero-order chi connectivity index (χ0) is 18.0. The van der Waals surface area contributed by atoms with E-state index in [-0.39, 0.29) is 5.91 Å². The van der Waals surface area contributed by atoms with Crippen LogP contribution in [0.4, 0.5) is 5.82 Å². The van der Waals surface area contributed by atoms with Gasteiger partial charge in [0, 0.05) is 24.8 Å². The Morgan fingerprint density at radius 3 is 2.31 bits per heavy atom. The minimum absolute atomic E-state index is 0.0665. The van der Waals surface area contributed by atoms with Gasteiger partial charge in [0.1, 0.15) is 5.82 Å². The fourth-order valence-electron chi connectivity index (χ4n) is 2.70. The smallest absolute Gasteiger partial charge is 0.251 e. The minimum atomic E-state index is -0.0665. The molecule has 0 aliphatic heterocycles. The molecule has 1 amide bonds. The number of hydrogen-bond acceptors (Lipinski definition) is 3. The van der Waals surface area contributed by atoms with E-state index >= 15 is 0 Å². The molecular formula is C22H23N3O. The predicted molar refractivity (Wildman–Crippen MR) is 105 cm³/mol. The number of carbonyl (C=O) groups excluding carboxylic acids is 1. The van der Waals surface area contributed by atoms with Crippen molar-refractivity contribution in [3.63, 3.8) is 0 Å². The number of benzene rings is 2. The molecule has 0 radical (unpaired) electrons. The highest BCUT2D eigenvalue weighted by molar-refractivity contribution is 5.94. The normalized spacial score (nSPS) is 10.3. The highest BCUT2D eigenvalue weighted by Gasteiger charge is 2.06. The lowest BCUT2D eigenvalue weighted by atomic mass is 10.1. The van der Waals surface area contributed by atoms with Crippen LogP contribution in [0.2, 0.25) is 0 Å². The summed E-state index contributed by atoms with van der Waals surface area (Å²) < 4.78 is 0. The molecule has 1 heterocycles. The van der Waals surface area contributed by atoms with Gasteiger partial charge < -0.3 is 10.6 Å². The standard InChI is InChI=1S/C22H23N3O/c26-22(24-14-7-12-18-8-3-1-4-9-18)20-13-15-23-21(16-20)25-17-19-10-5-2-6-11-19/h1-6,8-11,13,15-16H,7,12,14,17H2,(H,23,25)(H,24,26). The predicted octanol–water partition coefficient (Wildman–Crippen LogP) is 4.06.